The van der Waals surface area contributed by atoms with Crippen molar-refractivity contribution in [3.05, 3.63) is 35.5 Å². The molecule has 0 unspecified atom stereocenters. The van der Waals surface area contributed by atoms with Crippen molar-refractivity contribution in [3.63, 3.8) is 0 Å². The molecule has 0 amide bonds. The molecule has 1 fully saturated rings. The average molecular weight is 215 g/mol. The highest BCUT2D eigenvalue weighted by atomic mass is 16.3. The predicted molar refractivity (Wildman–Crippen MR) is 65.5 cm³/mol. The summed E-state index contributed by atoms with van der Waals surface area (Å²) in [5, 5.41) is 11.2. The Kier molecular flexibility index (Phi) is 1.93. The summed E-state index contributed by atoms with van der Waals surface area (Å²) in [6.07, 6.45) is 4.87. The molecule has 1 N–H and O–H groups in total. The van der Waals surface area contributed by atoms with Crippen LogP contribution in [-0.2, 0) is 13.5 Å². The molecule has 1 aliphatic rings. The molecular formula is C14H17NO. The van der Waals surface area contributed by atoms with Gasteiger partial charge in [0.05, 0.1) is 5.60 Å². The van der Waals surface area contributed by atoms with E-state index in [0.29, 0.717) is 0 Å². The van der Waals surface area contributed by atoms with Gasteiger partial charge in [0.1, 0.15) is 0 Å². The van der Waals surface area contributed by atoms with Crippen LogP contribution in [0.25, 0.3) is 10.9 Å². The SMILES string of the molecule is Cc1cn(C)c2ccc(CC3(O)CC3)cc12. The van der Waals surface area contributed by atoms with Crippen molar-refractivity contribution in [2.45, 2.75) is 31.8 Å². The van der Waals surface area contributed by atoms with Gasteiger partial charge < -0.3 is 9.67 Å². The smallest absolute Gasteiger partial charge is 0.0690 e. The normalized spacial score (nSPS) is 17.9. The molecule has 1 aromatic carbocycles. The molecule has 1 heterocycles. The Morgan fingerprint density at radius 3 is 2.81 bits per heavy atom. The first-order valence-electron chi connectivity index (χ1n) is 5.84. The zero-order valence-corrected chi connectivity index (χ0v) is 9.83. The lowest BCUT2D eigenvalue weighted by molar-refractivity contribution is 0.151. The topological polar surface area (TPSA) is 25.2 Å². The Balaban J connectivity index is 2.04. The van der Waals surface area contributed by atoms with Crippen molar-refractivity contribution in [1.82, 2.24) is 4.57 Å². The van der Waals surface area contributed by atoms with Crippen molar-refractivity contribution >= 4 is 10.9 Å². The minimum atomic E-state index is -0.392. The fourth-order valence-corrected chi connectivity index (χ4v) is 2.45. The van der Waals surface area contributed by atoms with Gasteiger partial charge in [-0.15, -0.1) is 0 Å². The number of hydrogen-bond donors (Lipinski definition) is 1. The van der Waals surface area contributed by atoms with Crippen LogP contribution >= 0.6 is 0 Å². The van der Waals surface area contributed by atoms with Crippen LogP contribution in [0, 0.1) is 6.92 Å². The van der Waals surface area contributed by atoms with Crippen molar-refractivity contribution in [3.8, 4) is 0 Å². The predicted octanol–water partition coefficient (Wildman–Crippen LogP) is 2.55. The Labute approximate surface area is 95.5 Å². The number of rotatable bonds is 2. The minimum absolute atomic E-state index is 0.392. The Morgan fingerprint density at radius 2 is 2.12 bits per heavy atom. The van der Waals surface area contributed by atoms with Crippen molar-refractivity contribution in [2.75, 3.05) is 0 Å². The highest BCUT2D eigenvalue weighted by Gasteiger charge is 2.40. The van der Waals surface area contributed by atoms with Crippen LogP contribution < -0.4 is 0 Å². The summed E-state index contributed by atoms with van der Waals surface area (Å²) in [4.78, 5) is 0. The first-order chi connectivity index (χ1) is 7.57. The van der Waals surface area contributed by atoms with E-state index in [1.807, 2.05) is 0 Å². The van der Waals surface area contributed by atoms with Gasteiger partial charge in [-0.2, -0.15) is 0 Å². The lowest BCUT2D eigenvalue weighted by Gasteiger charge is -2.07. The monoisotopic (exact) mass is 215 g/mol. The van der Waals surface area contributed by atoms with E-state index < -0.39 is 5.60 Å². The minimum Gasteiger partial charge on any atom is -0.390 e. The molecule has 84 valence electrons. The third-order valence-corrected chi connectivity index (χ3v) is 3.61. The fourth-order valence-electron chi connectivity index (χ4n) is 2.45. The second-order valence-electron chi connectivity index (χ2n) is 5.18. The largest absolute Gasteiger partial charge is 0.390 e. The molecule has 1 saturated carbocycles. The molecule has 16 heavy (non-hydrogen) atoms. The van der Waals surface area contributed by atoms with Crippen LogP contribution in [0.3, 0.4) is 0 Å². The first-order valence-corrected chi connectivity index (χ1v) is 5.84. The third-order valence-electron chi connectivity index (χ3n) is 3.61. The van der Waals surface area contributed by atoms with Gasteiger partial charge in [-0.05, 0) is 43.0 Å². The number of fused-ring (bicyclic) bond motifs is 1. The summed E-state index contributed by atoms with van der Waals surface area (Å²) in [7, 11) is 2.07. The molecule has 3 rings (SSSR count). The number of aromatic nitrogens is 1. The highest BCUT2D eigenvalue weighted by Crippen LogP contribution is 2.38. The van der Waals surface area contributed by atoms with E-state index in [1.54, 1.807) is 0 Å². The molecule has 2 aromatic rings. The summed E-state index contributed by atoms with van der Waals surface area (Å²) in [5.74, 6) is 0. The molecule has 1 aromatic heterocycles. The molecule has 0 aliphatic heterocycles. The zero-order chi connectivity index (χ0) is 11.3. The van der Waals surface area contributed by atoms with E-state index >= 15 is 0 Å². The number of hydrogen-bond acceptors (Lipinski definition) is 1. The van der Waals surface area contributed by atoms with E-state index in [4.69, 9.17) is 0 Å². The molecule has 2 nitrogen and oxygen atoms in total. The van der Waals surface area contributed by atoms with Crippen LogP contribution in [-0.4, -0.2) is 15.3 Å². The molecule has 1 aliphatic carbocycles. The molecule has 0 bridgehead atoms. The van der Waals surface area contributed by atoms with Gasteiger partial charge in [0.2, 0.25) is 0 Å². The molecule has 2 heteroatoms. The number of aliphatic hydroxyl groups is 1. The Hall–Kier alpha value is -1.28. The zero-order valence-electron chi connectivity index (χ0n) is 9.83. The third kappa shape index (κ3) is 1.54. The van der Waals surface area contributed by atoms with Crippen LogP contribution in [0.5, 0.6) is 0 Å². The van der Waals surface area contributed by atoms with E-state index in [0.717, 1.165) is 19.3 Å². The van der Waals surface area contributed by atoms with Crippen LogP contribution in [0.15, 0.2) is 24.4 Å². The molecular weight excluding hydrogens is 198 g/mol. The van der Waals surface area contributed by atoms with E-state index in [2.05, 4.69) is 42.9 Å². The van der Waals surface area contributed by atoms with E-state index in [-0.39, 0.29) is 0 Å². The van der Waals surface area contributed by atoms with Crippen LogP contribution in [0.2, 0.25) is 0 Å². The molecule has 0 spiro atoms. The number of nitrogens with zero attached hydrogens (tertiary/aromatic N) is 1. The maximum absolute atomic E-state index is 9.92. The standard InChI is InChI=1S/C14H17NO/c1-10-9-15(2)13-4-3-11(7-12(10)13)8-14(16)5-6-14/h3-4,7,9,16H,5-6,8H2,1-2H3. The fraction of sp³-hybridized carbons (Fsp3) is 0.429. The molecule has 0 atom stereocenters. The maximum Gasteiger partial charge on any atom is 0.0690 e. The Morgan fingerprint density at radius 1 is 1.38 bits per heavy atom. The second kappa shape index (κ2) is 3.11. The summed E-state index contributed by atoms with van der Waals surface area (Å²) < 4.78 is 2.15. The van der Waals surface area contributed by atoms with Gasteiger partial charge in [-0.3, -0.25) is 0 Å². The van der Waals surface area contributed by atoms with Gasteiger partial charge in [-0.1, -0.05) is 6.07 Å². The lowest BCUT2D eigenvalue weighted by Crippen LogP contribution is -2.10. The lowest BCUT2D eigenvalue weighted by atomic mass is 10.0. The van der Waals surface area contributed by atoms with Crippen LogP contribution in [0.1, 0.15) is 24.0 Å². The van der Waals surface area contributed by atoms with Crippen molar-refractivity contribution in [1.29, 1.82) is 0 Å². The second-order valence-corrected chi connectivity index (χ2v) is 5.18. The number of benzene rings is 1. The molecule has 0 saturated heterocycles. The van der Waals surface area contributed by atoms with Gasteiger partial charge in [0, 0.05) is 30.6 Å². The number of aryl methyl sites for hydroxylation is 2. The first kappa shape index (κ1) is 9.91. The van der Waals surface area contributed by atoms with E-state index in [9.17, 15) is 5.11 Å². The summed E-state index contributed by atoms with van der Waals surface area (Å²) in [6, 6.07) is 6.52. The Bertz CT molecular complexity index is 549. The van der Waals surface area contributed by atoms with E-state index in [1.165, 1.54) is 22.0 Å². The van der Waals surface area contributed by atoms with Crippen LogP contribution in [0.4, 0.5) is 0 Å². The van der Waals surface area contributed by atoms with Gasteiger partial charge >= 0.3 is 0 Å². The summed E-state index contributed by atoms with van der Waals surface area (Å²) in [5.41, 5.74) is 3.43. The van der Waals surface area contributed by atoms with Gasteiger partial charge in [0.15, 0.2) is 0 Å². The van der Waals surface area contributed by atoms with Crippen molar-refractivity contribution < 1.29 is 5.11 Å². The van der Waals surface area contributed by atoms with Gasteiger partial charge in [-0.25, -0.2) is 0 Å². The van der Waals surface area contributed by atoms with Gasteiger partial charge in [0.25, 0.3) is 0 Å². The average Bonchev–Trinajstić information content (AvgIpc) is 2.88. The maximum atomic E-state index is 9.92. The molecule has 0 radical (unpaired) electrons. The quantitative estimate of drug-likeness (QED) is 0.818. The van der Waals surface area contributed by atoms with Crippen molar-refractivity contribution in [2.24, 2.45) is 7.05 Å². The summed E-state index contributed by atoms with van der Waals surface area (Å²) in [6.45, 7) is 2.14. The summed E-state index contributed by atoms with van der Waals surface area (Å²) >= 11 is 0. The highest BCUT2D eigenvalue weighted by molar-refractivity contribution is 5.84.